The zero-order valence-electron chi connectivity index (χ0n) is 19.6. The summed E-state index contributed by atoms with van der Waals surface area (Å²) in [4.78, 5) is 28.3. The van der Waals surface area contributed by atoms with E-state index in [1.54, 1.807) is 6.07 Å². The third kappa shape index (κ3) is 4.34. The molecule has 2 aromatic rings. The highest BCUT2D eigenvalue weighted by atomic mass is 35.5. The summed E-state index contributed by atoms with van der Waals surface area (Å²) < 4.78 is 16.5. The Bertz CT molecular complexity index is 1170. The van der Waals surface area contributed by atoms with Gasteiger partial charge >= 0.3 is 11.9 Å². The number of hydrogen-bond acceptors (Lipinski definition) is 8. The van der Waals surface area contributed by atoms with Gasteiger partial charge < -0.3 is 19.3 Å². The smallest absolute Gasteiger partial charge is 0.338 e. The predicted octanol–water partition coefficient (Wildman–Crippen LogP) is 2.55. The Labute approximate surface area is 210 Å². The highest BCUT2D eigenvalue weighted by Crippen LogP contribution is 2.32. The third-order valence-electron chi connectivity index (χ3n) is 7.66. The van der Waals surface area contributed by atoms with Crippen molar-refractivity contribution in [2.24, 2.45) is 0 Å². The van der Waals surface area contributed by atoms with Crippen LogP contribution in [-0.2, 0) is 27.4 Å². The maximum Gasteiger partial charge on any atom is 0.338 e. The third-order valence-corrected chi connectivity index (χ3v) is 7.66. The highest BCUT2D eigenvalue weighted by Gasteiger charge is 2.35. The predicted molar refractivity (Wildman–Crippen MR) is 129 cm³/mol. The fourth-order valence-electron chi connectivity index (χ4n) is 5.64. The van der Waals surface area contributed by atoms with Crippen molar-refractivity contribution < 1.29 is 28.9 Å². The first-order valence-corrected chi connectivity index (χ1v) is 11.8. The number of rotatable bonds is 4. The molecule has 4 aliphatic heterocycles. The molecule has 186 valence electrons. The van der Waals surface area contributed by atoms with Gasteiger partial charge in [-0.2, -0.15) is 0 Å². The molecule has 0 unspecified atom stereocenters. The number of nitrogens with zero attached hydrogens (tertiary/aromatic N) is 2. The van der Waals surface area contributed by atoms with Gasteiger partial charge in [0.25, 0.3) is 0 Å². The molecule has 2 aromatic carbocycles. The molecular formula is C26H29ClN2O6. The molecule has 35 heavy (non-hydrogen) atoms. The van der Waals surface area contributed by atoms with Crippen LogP contribution in [0.15, 0.2) is 30.3 Å². The van der Waals surface area contributed by atoms with Crippen molar-refractivity contribution in [1.29, 1.82) is 0 Å². The van der Waals surface area contributed by atoms with E-state index in [1.807, 2.05) is 31.2 Å². The van der Waals surface area contributed by atoms with Crippen LogP contribution in [0.1, 0.15) is 60.7 Å². The van der Waals surface area contributed by atoms with Crippen LogP contribution in [0.5, 0.6) is 0 Å². The number of β-amino-alcohol motifs (C(OH)–C–C–N with tert-alkyl or cyclic N) is 1. The topological polar surface area (TPSA) is 88.5 Å². The molecule has 3 atom stereocenters. The molecule has 0 spiro atoms. The molecule has 2 fully saturated rings. The maximum atomic E-state index is 11.8. The Hall–Kier alpha value is -2.49. The van der Waals surface area contributed by atoms with Gasteiger partial charge in [-0.15, -0.1) is 12.4 Å². The van der Waals surface area contributed by atoms with E-state index in [4.69, 9.17) is 14.2 Å². The van der Waals surface area contributed by atoms with Crippen molar-refractivity contribution in [2.75, 3.05) is 39.3 Å². The summed E-state index contributed by atoms with van der Waals surface area (Å²) in [5.41, 5.74) is 5.98. The Morgan fingerprint density at radius 1 is 1.03 bits per heavy atom. The number of benzene rings is 2. The Morgan fingerprint density at radius 3 is 2.66 bits per heavy atom. The summed E-state index contributed by atoms with van der Waals surface area (Å²) in [6.45, 7) is 7.18. The molecule has 0 saturated carbocycles. The molecule has 8 nitrogen and oxygen atoms in total. The molecule has 0 bridgehead atoms. The lowest BCUT2D eigenvalue weighted by atomic mass is 9.95. The molecule has 2 saturated heterocycles. The number of hydrogen-bond donors (Lipinski definition) is 1. The van der Waals surface area contributed by atoms with E-state index in [-0.39, 0.29) is 43.1 Å². The van der Waals surface area contributed by atoms with Gasteiger partial charge in [-0.25, -0.2) is 9.59 Å². The van der Waals surface area contributed by atoms with Crippen LogP contribution < -0.4 is 0 Å². The van der Waals surface area contributed by atoms with Gasteiger partial charge in [0.2, 0.25) is 0 Å². The molecule has 0 radical (unpaired) electrons. The van der Waals surface area contributed by atoms with Crippen LogP contribution in [0, 0.1) is 6.92 Å². The zero-order valence-corrected chi connectivity index (χ0v) is 20.4. The number of morpholine rings is 1. The largest absolute Gasteiger partial charge is 0.457 e. The first-order valence-electron chi connectivity index (χ1n) is 11.8. The Balaban J connectivity index is 0.00000253. The lowest BCUT2D eigenvalue weighted by Crippen LogP contribution is -2.58. The fraction of sp³-hybridized carbons (Fsp3) is 0.462. The number of ether oxygens (including phenoxy) is 3. The minimum atomic E-state index is -0.624. The lowest BCUT2D eigenvalue weighted by molar-refractivity contribution is -0.0937. The molecule has 9 heteroatoms. The number of aliphatic hydroxyl groups is 1. The number of carbonyl (C=O) groups excluding carboxylic acids is 2. The Kier molecular flexibility index (Phi) is 6.59. The summed E-state index contributed by atoms with van der Waals surface area (Å²) in [5.74, 6) is -0.533. The second-order valence-corrected chi connectivity index (χ2v) is 9.62. The number of cyclic esters (lactones) is 2. The average Bonchev–Trinajstić information content (AvgIpc) is 3.41. The van der Waals surface area contributed by atoms with Gasteiger partial charge in [0.1, 0.15) is 13.2 Å². The summed E-state index contributed by atoms with van der Waals surface area (Å²) in [5, 5.41) is 11.0. The van der Waals surface area contributed by atoms with Crippen LogP contribution in [0.2, 0.25) is 0 Å². The second kappa shape index (κ2) is 9.52. The van der Waals surface area contributed by atoms with Crippen molar-refractivity contribution in [3.05, 3.63) is 69.3 Å². The Morgan fingerprint density at radius 2 is 1.80 bits per heavy atom. The van der Waals surface area contributed by atoms with E-state index in [1.165, 1.54) is 0 Å². The summed E-state index contributed by atoms with van der Waals surface area (Å²) in [7, 11) is 0. The van der Waals surface area contributed by atoms with Crippen LogP contribution in [0.25, 0.3) is 0 Å². The van der Waals surface area contributed by atoms with E-state index in [9.17, 15) is 14.7 Å². The van der Waals surface area contributed by atoms with Crippen molar-refractivity contribution in [1.82, 2.24) is 9.80 Å². The quantitative estimate of drug-likeness (QED) is 0.641. The molecule has 0 aromatic heterocycles. The van der Waals surface area contributed by atoms with Crippen LogP contribution >= 0.6 is 12.4 Å². The second-order valence-electron chi connectivity index (χ2n) is 9.62. The van der Waals surface area contributed by atoms with Crippen molar-refractivity contribution in [3.63, 3.8) is 0 Å². The van der Waals surface area contributed by atoms with Crippen LogP contribution in [0.4, 0.5) is 0 Å². The standard InChI is InChI=1S/C26H28N2O6.ClH/c1-15-19(4-5-21-22(15)14-34-26(21)31)23(29)10-27-6-7-28-11-24(32-13-18(28)9-27)16-2-3-20-17(8-16)12-33-25(20)30;/h2-5,8,18,23-24,29H,6-7,9-14H2,1H3;1H/t18-,23-,24-;/m0./s1. The minimum absolute atomic E-state index is 0. The van der Waals surface area contributed by atoms with Gasteiger partial charge in [0.15, 0.2) is 0 Å². The number of fused-ring (bicyclic) bond motifs is 3. The average molecular weight is 501 g/mol. The first kappa shape index (κ1) is 24.2. The van der Waals surface area contributed by atoms with Gasteiger partial charge in [0.05, 0.1) is 29.9 Å². The lowest BCUT2D eigenvalue weighted by Gasteiger charge is -2.46. The van der Waals surface area contributed by atoms with E-state index < -0.39 is 6.10 Å². The minimum Gasteiger partial charge on any atom is -0.457 e. The zero-order chi connectivity index (χ0) is 23.4. The molecule has 4 heterocycles. The van der Waals surface area contributed by atoms with Crippen molar-refractivity contribution in [3.8, 4) is 0 Å². The van der Waals surface area contributed by atoms with Crippen LogP contribution in [-0.4, -0.2) is 72.2 Å². The highest BCUT2D eigenvalue weighted by molar-refractivity contribution is 5.94. The normalized spacial score (nSPS) is 24.6. The van der Waals surface area contributed by atoms with E-state index >= 15 is 0 Å². The summed E-state index contributed by atoms with van der Waals surface area (Å²) >= 11 is 0. The molecular weight excluding hydrogens is 472 g/mol. The molecule has 6 rings (SSSR count). The molecule has 1 N–H and O–H groups in total. The molecule has 0 amide bonds. The van der Waals surface area contributed by atoms with Crippen LogP contribution in [0.3, 0.4) is 0 Å². The van der Waals surface area contributed by atoms with Gasteiger partial charge in [0, 0.05) is 49.9 Å². The van der Waals surface area contributed by atoms with Gasteiger partial charge in [-0.1, -0.05) is 12.1 Å². The summed E-state index contributed by atoms with van der Waals surface area (Å²) in [6.07, 6.45) is -0.644. The SMILES string of the molecule is Cc1c([C@@H](O)CN2CCN3C[C@@H](c4ccc5c(c4)COC5=O)OC[C@@H]3C2)ccc2c1COC2=O.Cl. The van der Waals surface area contributed by atoms with E-state index in [2.05, 4.69) is 9.80 Å². The van der Waals surface area contributed by atoms with E-state index in [0.29, 0.717) is 30.9 Å². The van der Waals surface area contributed by atoms with E-state index in [0.717, 1.165) is 54.0 Å². The fourth-order valence-corrected chi connectivity index (χ4v) is 5.64. The first-order chi connectivity index (χ1) is 16.5. The van der Waals surface area contributed by atoms with Crippen molar-refractivity contribution in [2.45, 2.75) is 38.4 Å². The van der Waals surface area contributed by atoms with Crippen molar-refractivity contribution >= 4 is 24.3 Å². The number of halogens is 1. The molecule has 0 aliphatic carbocycles. The maximum absolute atomic E-state index is 11.8. The number of carbonyl (C=O) groups is 2. The number of piperazine rings is 1. The molecule has 4 aliphatic rings. The summed E-state index contributed by atoms with van der Waals surface area (Å²) in [6, 6.07) is 9.76. The monoisotopic (exact) mass is 500 g/mol. The van der Waals surface area contributed by atoms with Gasteiger partial charge in [-0.3, -0.25) is 9.80 Å². The number of esters is 2. The van der Waals surface area contributed by atoms with Gasteiger partial charge in [-0.05, 0) is 41.8 Å². The number of aliphatic hydroxyl groups excluding tert-OH is 1.